The summed E-state index contributed by atoms with van der Waals surface area (Å²) in [5.41, 5.74) is 4.85. The van der Waals surface area contributed by atoms with Crippen LogP contribution in [-0.4, -0.2) is 23.3 Å². The molecule has 0 atom stereocenters. The fraction of sp³-hybridized carbons (Fsp3) is 0.600. The Morgan fingerprint density at radius 3 is 1.90 bits per heavy atom. The number of rotatable bonds is 6. The molecular formula is C25H40O2Si2. The molecule has 0 radical (unpaired) electrons. The lowest BCUT2D eigenvalue weighted by Crippen LogP contribution is -2.59. The lowest BCUT2D eigenvalue weighted by molar-refractivity contribution is 0.103. The lowest BCUT2D eigenvalue weighted by Gasteiger charge is -2.46. The molecular weight excluding hydrogens is 388 g/mol. The van der Waals surface area contributed by atoms with Crippen LogP contribution in [0.4, 0.5) is 0 Å². The maximum atomic E-state index is 6.16. The summed E-state index contributed by atoms with van der Waals surface area (Å²) in [6.07, 6.45) is 0. The van der Waals surface area contributed by atoms with Gasteiger partial charge in [-0.15, -0.1) is 0 Å². The SMILES string of the molecule is COc1cc2c3c(c([Si](C(C)C)(C(C)C)C(C)C)cc([Si](C)(C)C)c3c1)COC2. The van der Waals surface area contributed by atoms with Crippen molar-refractivity contribution < 1.29 is 9.47 Å². The van der Waals surface area contributed by atoms with E-state index in [0.717, 1.165) is 12.4 Å². The van der Waals surface area contributed by atoms with Crippen molar-refractivity contribution in [2.45, 2.75) is 91.0 Å². The van der Waals surface area contributed by atoms with E-state index < -0.39 is 16.1 Å². The highest BCUT2D eigenvalue weighted by Gasteiger charge is 2.46. The highest BCUT2D eigenvalue weighted by Crippen LogP contribution is 2.43. The van der Waals surface area contributed by atoms with Crippen molar-refractivity contribution >= 4 is 37.3 Å². The fourth-order valence-corrected chi connectivity index (χ4v) is 15.0. The molecule has 0 fully saturated rings. The quantitative estimate of drug-likeness (QED) is 0.502. The molecule has 0 aliphatic carbocycles. The summed E-state index contributed by atoms with van der Waals surface area (Å²) in [7, 11) is -1.58. The van der Waals surface area contributed by atoms with Gasteiger partial charge in [0, 0.05) is 0 Å². The number of hydrogen-bond donors (Lipinski definition) is 0. The Morgan fingerprint density at radius 1 is 0.828 bits per heavy atom. The van der Waals surface area contributed by atoms with Gasteiger partial charge in [-0.25, -0.2) is 0 Å². The van der Waals surface area contributed by atoms with Gasteiger partial charge in [-0.1, -0.05) is 77.6 Å². The molecule has 0 amide bonds. The third kappa shape index (κ3) is 3.51. The highest BCUT2D eigenvalue weighted by molar-refractivity contribution is 6.96. The van der Waals surface area contributed by atoms with Crippen molar-refractivity contribution in [3.8, 4) is 5.75 Å². The van der Waals surface area contributed by atoms with Gasteiger partial charge in [0.05, 0.1) is 36.5 Å². The average molecular weight is 429 g/mol. The predicted octanol–water partition coefficient (Wildman–Crippen LogP) is 6.31. The van der Waals surface area contributed by atoms with Crippen molar-refractivity contribution in [2.24, 2.45) is 0 Å². The Hall–Kier alpha value is -1.11. The van der Waals surface area contributed by atoms with Crippen molar-refractivity contribution in [2.75, 3.05) is 7.11 Å². The molecule has 160 valence electrons. The molecule has 29 heavy (non-hydrogen) atoms. The summed E-state index contributed by atoms with van der Waals surface area (Å²) in [4.78, 5) is 0. The van der Waals surface area contributed by atoms with E-state index in [2.05, 4.69) is 79.4 Å². The standard InChI is InChI=1S/C25H40O2Si2/c1-16(2)29(17(3)4,18(5)6)24-13-23(28(8,9)10)21-12-20(26-7)11-19-14-27-15-22(24)25(19)21/h11-13,16-18H,14-15H2,1-10H3. The minimum atomic E-state index is -1.80. The van der Waals surface area contributed by atoms with E-state index in [1.54, 1.807) is 17.5 Å². The topological polar surface area (TPSA) is 18.5 Å². The Balaban J connectivity index is 2.55. The molecule has 0 unspecified atom stereocenters. The number of methoxy groups -OCH3 is 1. The van der Waals surface area contributed by atoms with Gasteiger partial charge in [-0.05, 0) is 50.7 Å². The summed E-state index contributed by atoms with van der Waals surface area (Å²) >= 11 is 0. The third-order valence-corrected chi connectivity index (χ3v) is 16.4. The smallest absolute Gasteiger partial charge is 0.119 e. The van der Waals surface area contributed by atoms with Crippen LogP contribution in [0.15, 0.2) is 18.2 Å². The highest BCUT2D eigenvalue weighted by atomic mass is 28.3. The first kappa shape index (κ1) is 22.6. The zero-order chi connectivity index (χ0) is 21.7. The van der Waals surface area contributed by atoms with Gasteiger partial charge >= 0.3 is 0 Å². The van der Waals surface area contributed by atoms with Crippen LogP contribution >= 0.6 is 0 Å². The van der Waals surface area contributed by atoms with E-state index in [9.17, 15) is 0 Å². The molecule has 1 aliphatic rings. The maximum Gasteiger partial charge on any atom is 0.119 e. The Morgan fingerprint density at radius 2 is 1.41 bits per heavy atom. The fourth-order valence-electron chi connectivity index (χ4n) is 6.27. The normalized spacial score (nSPS) is 15.1. The molecule has 1 heterocycles. The molecule has 0 saturated heterocycles. The van der Waals surface area contributed by atoms with Crippen molar-refractivity contribution in [3.05, 3.63) is 29.3 Å². The first-order valence-electron chi connectivity index (χ1n) is 11.2. The van der Waals surface area contributed by atoms with Crippen LogP contribution in [0, 0.1) is 0 Å². The Bertz CT molecular complexity index is 886. The maximum absolute atomic E-state index is 6.16. The number of benzene rings is 2. The summed E-state index contributed by atoms with van der Waals surface area (Å²) in [6, 6.07) is 7.13. The van der Waals surface area contributed by atoms with Gasteiger partial charge in [-0.3, -0.25) is 0 Å². The van der Waals surface area contributed by atoms with E-state index in [1.807, 2.05) is 0 Å². The summed E-state index contributed by atoms with van der Waals surface area (Å²) in [5.74, 6) is 0.955. The van der Waals surface area contributed by atoms with E-state index >= 15 is 0 Å². The number of hydrogen-bond acceptors (Lipinski definition) is 2. The molecule has 2 aromatic carbocycles. The van der Waals surface area contributed by atoms with Gasteiger partial charge in [0.15, 0.2) is 0 Å². The average Bonchev–Trinajstić information content (AvgIpc) is 2.61. The van der Waals surface area contributed by atoms with Crippen LogP contribution in [0.1, 0.15) is 52.7 Å². The summed E-state index contributed by atoms with van der Waals surface area (Å²) in [6.45, 7) is 23.7. The van der Waals surface area contributed by atoms with Crippen molar-refractivity contribution in [1.29, 1.82) is 0 Å². The third-order valence-electron chi connectivity index (χ3n) is 7.28. The predicted molar refractivity (Wildman–Crippen MR) is 133 cm³/mol. The van der Waals surface area contributed by atoms with Gasteiger partial charge in [0.1, 0.15) is 5.75 Å². The van der Waals surface area contributed by atoms with Crippen LogP contribution < -0.4 is 15.1 Å². The van der Waals surface area contributed by atoms with Gasteiger partial charge in [0.25, 0.3) is 0 Å². The monoisotopic (exact) mass is 428 g/mol. The van der Waals surface area contributed by atoms with Crippen LogP contribution in [0.5, 0.6) is 5.75 Å². The molecule has 2 aromatic rings. The second-order valence-corrected chi connectivity index (χ2v) is 21.7. The first-order valence-corrected chi connectivity index (χ1v) is 16.9. The molecule has 2 nitrogen and oxygen atoms in total. The molecule has 1 aliphatic heterocycles. The second-order valence-electron chi connectivity index (χ2n) is 10.8. The van der Waals surface area contributed by atoms with E-state index in [0.29, 0.717) is 23.2 Å². The van der Waals surface area contributed by atoms with Crippen LogP contribution in [-0.2, 0) is 18.0 Å². The van der Waals surface area contributed by atoms with E-state index in [1.165, 1.54) is 21.9 Å². The lowest BCUT2D eigenvalue weighted by atomic mass is 9.97. The molecule has 4 heteroatoms. The Kier molecular flexibility index (Phi) is 6.12. The summed E-state index contributed by atoms with van der Waals surface area (Å²) in [5, 5.41) is 6.16. The largest absolute Gasteiger partial charge is 0.497 e. The summed E-state index contributed by atoms with van der Waals surface area (Å²) < 4.78 is 11.8. The molecule has 0 bridgehead atoms. The van der Waals surface area contributed by atoms with E-state index in [4.69, 9.17) is 9.47 Å². The molecule has 0 aromatic heterocycles. The minimum absolute atomic E-state index is 0.689. The van der Waals surface area contributed by atoms with E-state index in [-0.39, 0.29) is 0 Å². The van der Waals surface area contributed by atoms with Crippen LogP contribution in [0.2, 0.25) is 36.3 Å². The molecule has 0 spiro atoms. The molecule has 0 saturated carbocycles. The van der Waals surface area contributed by atoms with Crippen molar-refractivity contribution in [1.82, 2.24) is 0 Å². The van der Waals surface area contributed by atoms with Gasteiger partial charge in [-0.2, -0.15) is 0 Å². The Labute approximate surface area is 180 Å². The zero-order valence-corrected chi connectivity index (χ0v) is 22.2. The number of ether oxygens (including phenoxy) is 2. The van der Waals surface area contributed by atoms with Gasteiger partial charge in [0.2, 0.25) is 0 Å². The first-order chi connectivity index (χ1) is 13.5. The molecule has 0 N–H and O–H groups in total. The minimum Gasteiger partial charge on any atom is -0.497 e. The molecule has 3 rings (SSSR count). The zero-order valence-electron chi connectivity index (χ0n) is 20.2. The second kappa shape index (κ2) is 7.86. The van der Waals surface area contributed by atoms with Crippen LogP contribution in [0.3, 0.4) is 0 Å². The van der Waals surface area contributed by atoms with Gasteiger partial charge < -0.3 is 9.47 Å². The van der Waals surface area contributed by atoms with Crippen LogP contribution in [0.25, 0.3) is 10.8 Å². The van der Waals surface area contributed by atoms with Crippen molar-refractivity contribution in [3.63, 3.8) is 0 Å².